The lowest BCUT2D eigenvalue weighted by molar-refractivity contribution is 0.0965. The van der Waals surface area contributed by atoms with E-state index < -0.39 is 0 Å². The van der Waals surface area contributed by atoms with Crippen LogP contribution in [0.3, 0.4) is 0 Å². The van der Waals surface area contributed by atoms with Crippen molar-refractivity contribution in [2.75, 3.05) is 59.5 Å². The van der Waals surface area contributed by atoms with Gasteiger partial charge in [-0.1, -0.05) is 19.1 Å². The van der Waals surface area contributed by atoms with Crippen LogP contribution in [0.1, 0.15) is 38.2 Å². The Morgan fingerprint density at radius 2 is 2.00 bits per heavy atom. The van der Waals surface area contributed by atoms with E-state index in [1.54, 1.807) is 7.11 Å². The first-order chi connectivity index (χ1) is 14.8. The molecule has 0 saturated carbocycles. The normalized spacial score (nSPS) is 21.9. The van der Waals surface area contributed by atoms with Crippen LogP contribution >= 0.6 is 0 Å². The standard InChI is InChI=1S/C23H37N5O2/c1-3-28-11-5-7-21(28)18-27(16-19-9-12-26(13-10-19)14-15-29-2)17-20-6-4-8-22-23(20)25-30-24-22/h4,6,8,19,21H,3,5,7,9-18H2,1-2H3. The molecule has 2 aliphatic rings. The van der Waals surface area contributed by atoms with E-state index in [9.17, 15) is 0 Å². The molecule has 2 aromatic rings. The zero-order chi connectivity index (χ0) is 20.8. The average molecular weight is 416 g/mol. The minimum atomic E-state index is 0.673. The Balaban J connectivity index is 1.42. The summed E-state index contributed by atoms with van der Waals surface area (Å²) in [5.74, 6) is 0.759. The minimum absolute atomic E-state index is 0.673. The molecule has 1 aromatic heterocycles. The fourth-order valence-electron chi connectivity index (χ4n) is 5.23. The Bertz CT molecular complexity index is 774. The summed E-state index contributed by atoms with van der Waals surface area (Å²) in [7, 11) is 1.79. The van der Waals surface area contributed by atoms with Crippen LogP contribution in [-0.2, 0) is 11.3 Å². The number of likely N-dealkylation sites (N-methyl/N-ethyl adjacent to an activating group) is 1. The molecule has 1 atom stereocenters. The van der Waals surface area contributed by atoms with Gasteiger partial charge in [0, 0.05) is 39.3 Å². The summed E-state index contributed by atoms with van der Waals surface area (Å²) in [6.45, 7) is 12.2. The first kappa shape index (κ1) is 21.7. The molecular weight excluding hydrogens is 378 g/mol. The summed E-state index contributed by atoms with van der Waals surface area (Å²) in [6.07, 6.45) is 5.19. The quantitative estimate of drug-likeness (QED) is 0.591. The fourth-order valence-corrected chi connectivity index (χ4v) is 5.23. The van der Waals surface area contributed by atoms with Gasteiger partial charge in [0.1, 0.15) is 11.0 Å². The zero-order valence-corrected chi connectivity index (χ0v) is 18.6. The lowest BCUT2D eigenvalue weighted by atomic mass is 9.95. The van der Waals surface area contributed by atoms with Crippen molar-refractivity contribution in [3.8, 4) is 0 Å². The number of benzene rings is 1. The van der Waals surface area contributed by atoms with Crippen molar-refractivity contribution in [3.63, 3.8) is 0 Å². The maximum atomic E-state index is 5.25. The third kappa shape index (κ3) is 5.38. The average Bonchev–Trinajstić information content (AvgIpc) is 3.43. The summed E-state index contributed by atoms with van der Waals surface area (Å²) in [5, 5.41) is 8.21. The van der Waals surface area contributed by atoms with Crippen LogP contribution in [0, 0.1) is 5.92 Å². The van der Waals surface area contributed by atoms with Gasteiger partial charge in [-0.2, -0.15) is 0 Å². The molecule has 0 N–H and O–H groups in total. The zero-order valence-electron chi connectivity index (χ0n) is 18.6. The van der Waals surface area contributed by atoms with Gasteiger partial charge in [0.15, 0.2) is 0 Å². The van der Waals surface area contributed by atoms with Crippen LogP contribution in [0.5, 0.6) is 0 Å². The molecule has 4 rings (SSSR count). The highest BCUT2D eigenvalue weighted by Crippen LogP contribution is 2.24. The van der Waals surface area contributed by atoms with Gasteiger partial charge in [-0.15, -0.1) is 0 Å². The van der Waals surface area contributed by atoms with Crippen molar-refractivity contribution >= 4 is 11.0 Å². The second-order valence-electron chi connectivity index (χ2n) is 8.95. The van der Waals surface area contributed by atoms with E-state index in [0.29, 0.717) is 6.04 Å². The minimum Gasteiger partial charge on any atom is -0.383 e. The second kappa shape index (κ2) is 10.7. The number of rotatable bonds is 10. The van der Waals surface area contributed by atoms with E-state index in [1.807, 2.05) is 6.07 Å². The topological polar surface area (TPSA) is 57.9 Å². The maximum absolute atomic E-state index is 5.25. The first-order valence-corrected chi connectivity index (χ1v) is 11.6. The molecule has 1 unspecified atom stereocenters. The number of aromatic nitrogens is 2. The molecule has 30 heavy (non-hydrogen) atoms. The van der Waals surface area contributed by atoms with E-state index in [0.717, 1.165) is 56.3 Å². The Kier molecular flexibility index (Phi) is 7.71. The van der Waals surface area contributed by atoms with Gasteiger partial charge in [0.25, 0.3) is 0 Å². The number of ether oxygens (including phenoxy) is 1. The van der Waals surface area contributed by atoms with Crippen molar-refractivity contribution in [3.05, 3.63) is 23.8 Å². The molecule has 3 heterocycles. The van der Waals surface area contributed by atoms with Crippen LogP contribution in [0.2, 0.25) is 0 Å². The lowest BCUT2D eigenvalue weighted by Crippen LogP contribution is -2.44. The highest BCUT2D eigenvalue weighted by atomic mass is 16.6. The second-order valence-corrected chi connectivity index (χ2v) is 8.95. The van der Waals surface area contributed by atoms with Gasteiger partial charge in [0.2, 0.25) is 0 Å². The molecule has 2 saturated heterocycles. The van der Waals surface area contributed by atoms with Crippen LogP contribution < -0.4 is 0 Å². The predicted octanol–water partition coefficient (Wildman–Crippen LogP) is 2.87. The SMILES string of the molecule is CCN1CCCC1CN(Cc1cccc2nonc12)CC1CCN(CCOC)CC1. The van der Waals surface area contributed by atoms with E-state index >= 15 is 0 Å². The van der Waals surface area contributed by atoms with E-state index in [2.05, 4.69) is 44.1 Å². The molecule has 7 nitrogen and oxygen atoms in total. The van der Waals surface area contributed by atoms with Crippen molar-refractivity contribution in [1.29, 1.82) is 0 Å². The number of hydrogen-bond donors (Lipinski definition) is 0. The van der Waals surface area contributed by atoms with Gasteiger partial charge in [-0.3, -0.25) is 9.80 Å². The third-order valence-corrected chi connectivity index (χ3v) is 6.97. The molecular formula is C23H37N5O2. The Hall–Kier alpha value is -1.54. The smallest absolute Gasteiger partial charge is 0.139 e. The molecule has 2 fully saturated rings. The predicted molar refractivity (Wildman–Crippen MR) is 118 cm³/mol. The summed E-state index contributed by atoms with van der Waals surface area (Å²) in [6, 6.07) is 6.90. The highest BCUT2D eigenvalue weighted by Gasteiger charge is 2.28. The molecule has 1 aromatic carbocycles. The molecule has 0 bridgehead atoms. The van der Waals surface area contributed by atoms with Gasteiger partial charge in [-0.05, 0) is 79.7 Å². The van der Waals surface area contributed by atoms with Crippen LogP contribution in [0.4, 0.5) is 0 Å². The summed E-state index contributed by atoms with van der Waals surface area (Å²) in [4.78, 5) is 7.87. The molecule has 7 heteroatoms. The lowest BCUT2D eigenvalue weighted by Gasteiger charge is -2.36. The molecule has 2 aliphatic heterocycles. The number of likely N-dealkylation sites (tertiary alicyclic amines) is 2. The molecule has 0 amide bonds. The summed E-state index contributed by atoms with van der Waals surface area (Å²) in [5.41, 5.74) is 3.00. The van der Waals surface area contributed by atoms with Gasteiger partial charge >= 0.3 is 0 Å². The number of hydrogen-bond acceptors (Lipinski definition) is 7. The summed E-state index contributed by atoms with van der Waals surface area (Å²) >= 11 is 0. The number of nitrogens with zero attached hydrogens (tertiary/aromatic N) is 5. The fraction of sp³-hybridized carbons (Fsp3) is 0.739. The van der Waals surface area contributed by atoms with E-state index in [-0.39, 0.29) is 0 Å². The molecule has 166 valence electrons. The van der Waals surface area contributed by atoms with E-state index in [4.69, 9.17) is 9.37 Å². The van der Waals surface area contributed by atoms with Crippen molar-refractivity contribution in [2.45, 2.75) is 45.2 Å². The molecule has 0 radical (unpaired) electrons. The maximum Gasteiger partial charge on any atom is 0.139 e. The number of piperidine rings is 1. The van der Waals surface area contributed by atoms with Crippen molar-refractivity contribution in [1.82, 2.24) is 25.0 Å². The van der Waals surface area contributed by atoms with Crippen molar-refractivity contribution in [2.24, 2.45) is 5.92 Å². The Morgan fingerprint density at radius 3 is 2.80 bits per heavy atom. The highest BCUT2D eigenvalue weighted by molar-refractivity contribution is 5.76. The van der Waals surface area contributed by atoms with Gasteiger partial charge < -0.3 is 9.64 Å². The Labute approximate surface area is 180 Å². The largest absolute Gasteiger partial charge is 0.383 e. The number of methoxy groups -OCH3 is 1. The van der Waals surface area contributed by atoms with Crippen LogP contribution in [-0.4, -0.2) is 90.6 Å². The van der Waals surface area contributed by atoms with Crippen LogP contribution in [0.25, 0.3) is 11.0 Å². The van der Waals surface area contributed by atoms with Gasteiger partial charge in [-0.25, -0.2) is 4.63 Å². The Morgan fingerprint density at radius 1 is 1.13 bits per heavy atom. The van der Waals surface area contributed by atoms with Crippen LogP contribution in [0.15, 0.2) is 22.8 Å². The molecule has 0 spiro atoms. The molecule has 0 aliphatic carbocycles. The van der Waals surface area contributed by atoms with Crippen molar-refractivity contribution < 1.29 is 9.37 Å². The third-order valence-electron chi connectivity index (χ3n) is 6.97. The monoisotopic (exact) mass is 415 g/mol. The first-order valence-electron chi connectivity index (χ1n) is 11.6. The summed E-state index contributed by atoms with van der Waals surface area (Å²) < 4.78 is 10.3. The number of fused-ring (bicyclic) bond motifs is 1. The van der Waals surface area contributed by atoms with E-state index in [1.165, 1.54) is 50.9 Å². The van der Waals surface area contributed by atoms with Gasteiger partial charge in [0.05, 0.1) is 6.61 Å².